The number of alkyl carbamates (subject to hydrolysis) is 1. The van der Waals surface area contributed by atoms with Gasteiger partial charge in [0.25, 0.3) is 0 Å². The smallest absolute Gasteiger partial charge is 0.408 e. The third-order valence-corrected chi connectivity index (χ3v) is 5.69. The average Bonchev–Trinajstić information content (AvgIpc) is 3.15. The topological polar surface area (TPSA) is 112 Å². The molecule has 9 nitrogen and oxygen atoms in total. The molecule has 1 aromatic carbocycles. The molecule has 2 unspecified atom stereocenters. The van der Waals surface area contributed by atoms with Gasteiger partial charge < -0.3 is 14.8 Å². The zero-order valence-electron chi connectivity index (χ0n) is 19.8. The van der Waals surface area contributed by atoms with Gasteiger partial charge in [-0.05, 0) is 64.7 Å². The summed E-state index contributed by atoms with van der Waals surface area (Å²) in [5.74, 6) is 4.88. The van der Waals surface area contributed by atoms with E-state index in [9.17, 15) is 14.4 Å². The second kappa shape index (κ2) is 9.85. The van der Waals surface area contributed by atoms with Crippen LogP contribution in [0.25, 0.3) is 10.9 Å². The van der Waals surface area contributed by atoms with E-state index in [4.69, 9.17) is 14.6 Å². The number of ether oxygens (including phenoxy) is 2. The number of nitrogens with one attached hydrogen (secondary N) is 2. The van der Waals surface area contributed by atoms with E-state index in [0.717, 1.165) is 35.7 Å². The van der Waals surface area contributed by atoms with Crippen LogP contribution < -0.4 is 10.6 Å². The Hall–Kier alpha value is -3.38. The molecule has 2 saturated heterocycles. The lowest BCUT2D eigenvalue weighted by Crippen LogP contribution is -2.39. The minimum Gasteiger partial charge on any atom is -0.444 e. The Labute approximate surface area is 198 Å². The summed E-state index contributed by atoms with van der Waals surface area (Å²) < 4.78 is 13.0. The molecule has 0 radical (unpaired) electrons. The number of carbonyl (C=O) groups is 3. The minimum absolute atomic E-state index is 0.141. The number of rotatable bonds is 3. The van der Waals surface area contributed by atoms with Gasteiger partial charge in [-0.1, -0.05) is 11.8 Å². The van der Waals surface area contributed by atoms with Crippen LogP contribution in [0.5, 0.6) is 0 Å². The molecule has 0 aliphatic carbocycles. The highest BCUT2D eigenvalue weighted by molar-refractivity contribution is 6.02. The van der Waals surface area contributed by atoms with Gasteiger partial charge in [-0.3, -0.25) is 14.9 Å². The lowest BCUT2D eigenvalue weighted by molar-refractivity contribution is -0.134. The number of benzene rings is 1. The molecule has 0 bridgehead atoms. The van der Waals surface area contributed by atoms with Gasteiger partial charge in [0, 0.05) is 24.0 Å². The van der Waals surface area contributed by atoms with Gasteiger partial charge in [0.1, 0.15) is 5.60 Å². The predicted molar refractivity (Wildman–Crippen MR) is 125 cm³/mol. The maximum atomic E-state index is 12.6. The molecule has 4 rings (SSSR count). The first-order valence-electron chi connectivity index (χ1n) is 11.6. The van der Waals surface area contributed by atoms with Gasteiger partial charge in [-0.15, -0.1) is 0 Å². The van der Waals surface area contributed by atoms with Crippen molar-refractivity contribution in [2.24, 2.45) is 0 Å². The Kier molecular flexibility index (Phi) is 6.89. The Morgan fingerprint density at radius 2 is 2.12 bits per heavy atom. The lowest BCUT2D eigenvalue weighted by atomic mass is 9.92. The molecule has 2 aliphatic heterocycles. The Balaban J connectivity index is 1.61. The largest absolute Gasteiger partial charge is 0.444 e. The Morgan fingerprint density at radius 3 is 2.82 bits per heavy atom. The van der Waals surface area contributed by atoms with Crippen LogP contribution in [-0.2, 0) is 19.1 Å². The number of amides is 3. The molecule has 3 amide bonds. The fourth-order valence-corrected chi connectivity index (χ4v) is 4.17. The van der Waals surface area contributed by atoms with Crippen LogP contribution in [-0.4, -0.2) is 46.4 Å². The van der Waals surface area contributed by atoms with Crippen molar-refractivity contribution in [1.82, 2.24) is 20.4 Å². The second-order valence-electron chi connectivity index (χ2n) is 9.54. The quantitative estimate of drug-likeness (QED) is 0.531. The Morgan fingerprint density at radius 1 is 1.29 bits per heavy atom. The SMILES string of the molecule is CC(C)(C)OC(=O)NCC#Cc1ccc2c(c1)c(C1CCC(=O)NC1=O)nn2C1CCCCO1. The van der Waals surface area contributed by atoms with Gasteiger partial charge in [0.05, 0.1) is 23.7 Å². The molecule has 34 heavy (non-hydrogen) atoms. The normalized spacial score (nSPS) is 20.9. The number of nitrogens with zero attached hydrogens (tertiary/aromatic N) is 2. The number of piperidine rings is 1. The molecule has 2 aromatic rings. The molecule has 9 heteroatoms. The molecule has 1 aromatic heterocycles. The number of fused-ring (bicyclic) bond motifs is 1. The first kappa shape index (κ1) is 23.8. The highest BCUT2D eigenvalue weighted by atomic mass is 16.6. The molecule has 2 fully saturated rings. The van der Waals surface area contributed by atoms with Crippen LogP contribution in [0.3, 0.4) is 0 Å². The zero-order chi connectivity index (χ0) is 24.3. The van der Waals surface area contributed by atoms with Crippen LogP contribution in [0.2, 0.25) is 0 Å². The molecular formula is C25H30N4O5. The highest BCUT2D eigenvalue weighted by Gasteiger charge is 2.33. The molecule has 2 atom stereocenters. The van der Waals surface area contributed by atoms with Gasteiger partial charge in [0.2, 0.25) is 11.8 Å². The summed E-state index contributed by atoms with van der Waals surface area (Å²) in [5, 5.41) is 10.7. The molecule has 3 heterocycles. The van der Waals surface area contributed by atoms with Crippen LogP contribution in [0.1, 0.15) is 76.3 Å². The molecule has 2 N–H and O–H groups in total. The fraction of sp³-hybridized carbons (Fsp3) is 0.520. The van der Waals surface area contributed by atoms with E-state index in [-0.39, 0.29) is 31.0 Å². The van der Waals surface area contributed by atoms with Crippen molar-refractivity contribution in [3.63, 3.8) is 0 Å². The molecule has 0 spiro atoms. The van der Waals surface area contributed by atoms with Crippen LogP contribution >= 0.6 is 0 Å². The van der Waals surface area contributed by atoms with Gasteiger partial charge in [-0.25, -0.2) is 9.48 Å². The van der Waals surface area contributed by atoms with E-state index < -0.39 is 17.6 Å². The predicted octanol–water partition coefficient (Wildman–Crippen LogP) is 3.13. The second-order valence-corrected chi connectivity index (χ2v) is 9.54. The first-order valence-corrected chi connectivity index (χ1v) is 11.6. The highest BCUT2D eigenvalue weighted by Crippen LogP contribution is 2.34. The fourth-order valence-electron chi connectivity index (χ4n) is 4.17. The van der Waals surface area contributed by atoms with Gasteiger partial charge in [-0.2, -0.15) is 5.10 Å². The molecule has 0 saturated carbocycles. The van der Waals surface area contributed by atoms with Crippen molar-refractivity contribution >= 4 is 28.8 Å². The summed E-state index contributed by atoms with van der Waals surface area (Å²) >= 11 is 0. The summed E-state index contributed by atoms with van der Waals surface area (Å²) in [7, 11) is 0. The third-order valence-electron chi connectivity index (χ3n) is 5.69. The van der Waals surface area contributed by atoms with E-state index in [0.29, 0.717) is 18.7 Å². The van der Waals surface area contributed by atoms with E-state index in [1.807, 2.05) is 22.9 Å². The van der Waals surface area contributed by atoms with E-state index >= 15 is 0 Å². The summed E-state index contributed by atoms with van der Waals surface area (Å²) in [6.45, 7) is 6.21. The Bertz CT molecular complexity index is 1160. The van der Waals surface area contributed by atoms with E-state index in [2.05, 4.69) is 22.5 Å². The number of imide groups is 1. The number of aromatic nitrogens is 2. The third kappa shape index (κ3) is 5.57. The standard InChI is InChI=1S/C25H30N4O5/c1-25(2,3)34-24(32)26-13-6-7-16-9-11-19-18(15-16)22(17-10-12-20(30)27-23(17)31)28-29(19)21-8-4-5-14-33-21/h9,11,15,17,21H,4-5,8,10,12-14H2,1-3H3,(H,26,32)(H,27,30,31). The van der Waals surface area contributed by atoms with Crippen molar-refractivity contribution in [1.29, 1.82) is 0 Å². The van der Waals surface area contributed by atoms with Gasteiger partial charge in [0.15, 0.2) is 6.23 Å². The van der Waals surface area contributed by atoms with Crippen molar-refractivity contribution in [3.05, 3.63) is 29.5 Å². The van der Waals surface area contributed by atoms with Crippen LogP contribution in [0.4, 0.5) is 4.79 Å². The summed E-state index contributed by atoms with van der Waals surface area (Å²) in [5.41, 5.74) is 1.65. The van der Waals surface area contributed by atoms with Crippen molar-refractivity contribution in [2.45, 2.75) is 70.6 Å². The van der Waals surface area contributed by atoms with Crippen molar-refractivity contribution < 1.29 is 23.9 Å². The zero-order valence-corrected chi connectivity index (χ0v) is 19.8. The van der Waals surface area contributed by atoms with Gasteiger partial charge >= 0.3 is 6.09 Å². The number of carbonyl (C=O) groups excluding carboxylic acids is 3. The average molecular weight is 467 g/mol. The van der Waals surface area contributed by atoms with E-state index in [1.165, 1.54) is 0 Å². The number of hydrogen-bond donors (Lipinski definition) is 2. The van der Waals surface area contributed by atoms with Crippen molar-refractivity contribution in [3.8, 4) is 11.8 Å². The number of hydrogen-bond acceptors (Lipinski definition) is 6. The van der Waals surface area contributed by atoms with Crippen molar-refractivity contribution in [2.75, 3.05) is 13.2 Å². The molecule has 2 aliphatic rings. The molecule has 180 valence electrons. The van der Waals surface area contributed by atoms with Crippen LogP contribution in [0, 0.1) is 11.8 Å². The lowest BCUT2D eigenvalue weighted by Gasteiger charge is -2.23. The minimum atomic E-state index is -0.572. The summed E-state index contributed by atoms with van der Waals surface area (Å²) in [4.78, 5) is 36.0. The summed E-state index contributed by atoms with van der Waals surface area (Å²) in [6, 6.07) is 5.72. The maximum Gasteiger partial charge on any atom is 0.408 e. The monoisotopic (exact) mass is 466 g/mol. The summed E-state index contributed by atoms with van der Waals surface area (Å²) in [6.07, 6.45) is 2.90. The molecular weight excluding hydrogens is 436 g/mol. The van der Waals surface area contributed by atoms with Crippen LogP contribution in [0.15, 0.2) is 18.2 Å². The first-order chi connectivity index (χ1) is 16.2. The van der Waals surface area contributed by atoms with E-state index in [1.54, 1.807) is 20.8 Å². The maximum absolute atomic E-state index is 12.6.